The minimum atomic E-state index is -0.853. The number of hydrogen-bond donors (Lipinski definition) is 1. The third kappa shape index (κ3) is 6.56. The van der Waals surface area contributed by atoms with Gasteiger partial charge in [0.05, 0.1) is 18.9 Å². The van der Waals surface area contributed by atoms with Crippen LogP contribution in [0.5, 0.6) is 0 Å². The highest BCUT2D eigenvalue weighted by atomic mass is 16.6. The first-order valence-electron chi connectivity index (χ1n) is 10.1. The van der Waals surface area contributed by atoms with Crippen LogP contribution < -0.4 is 5.32 Å². The molecule has 29 heavy (non-hydrogen) atoms. The highest BCUT2D eigenvalue weighted by Crippen LogP contribution is 2.22. The van der Waals surface area contributed by atoms with Gasteiger partial charge in [-0.05, 0) is 30.4 Å². The van der Waals surface area contributed by atoms with Gasteiger partial charge in [-0.25, -0.2) is 0 Å². The molecule has 7 nitrogen and oxygen atoms in total. The standard InChI is InChI=1S/C22H32N2O5/c1-15(2)13-17-5-7-18(8-6-17)16(3)22(27)24-10-9-23-21(26)19(24)14-20(25)29-12-11-28-4/h5-8,15-16,19H,9-14H2,1-4H3,(H,23,26). The van der Waals surface area contributed by atoms with Crippen LogP contribution in [0.3, 0.4) is 0 Å². The highest BCUT2D eigenvalue weighted by Gasteiger charge is 2.37. The first-order valence-corrected chi connectivity index (χ1v) is 10.1. The van der Waals surface area contributed by atoms with E-state index in [-0.39, 0.29) is 31.4 Å². The van der Waals surface area contributed by atoms with Crippen LogP contribution in [0.15, 0.2) is 24.3 Å². The van der Waals surface area contributed by atoms with Crippen LogP contribution in [0.1, 0.15) is 44.2 Å². The summed E-state index contributed by atoms with van der Waals surface area (Å²) in [6.45, 7) is 7.33. The summed E-state index contributed by atoms with van der Waals surface area (Å²) >= 11 is 0. The molecule has 0 radical (unpaired) electrons. The van der Waals surface area contributed by atoms with E-state index >= 15 is 0 Å². The van der Waals surface area contributed by atoms with Crippen molar-refractivity contribution in [2.24, 2.45) is 5.92 Å². The van der Waals surface area contributed by atoms with Gasteiger partial charge in [0.1, 0.15) is 12.6 Å². The van der Waals surface area contributed by atoms with Crippen LogP contribution in [0.25, 0.3) is 0 Å². The van der Waals surface area contributed by atoms with E-state index in [1.807, 2.05) is 31.2 Å². The topological polar surface area (TPSA) is 84.9 Å². The zero-order valence-electron chi connectivity index (χ0n) is 17.8. The lowest BCUT2D eigenvalue weighted by Crippen LogP contribution is -2.58. The van der Waals surface area contributed by atoms with Gasteiger partial charge in [0.15, 0.2) is 0 Å². The lowest BCUT2D eigenvalue weighted by atomic mass is 9.95. The molecule has 2 unspecified atom stereocenters. The number of benzene rings is 1. The number of methoxy groups -OCH3 is 1. The molecule has 1 saturated heterocycles. The molecule has 0 aliphatic carbocycles. The van der Waals surface area contributed by atoms with Crippen molar-refractivity contribution in [1.82, 2.24) is 10.2 Å². The Kier molecular flexibility index (Phi) is 8.64. The van der Waals surface area contributed by atoms with Gasteiger partial charge in [-0.2, -0.15) is 0 Å². The van der Waals surface area contributed by atoms with Gasteiger partial charge < -0.3 is 19.7 Å². The maximum atomic E-state index is 13.1. The van der Waals surface area contributed by atoms with Gasteiger partial charge in [0.25, 0.3) is 0 Å². The summed E-state index contributed by atoms with van der Waals surface area (Å²) in [6.07, 6.45) is 0.823. The van der Waals surface area contributed by atoms with Crippen molar-refractivity contribution in [3.8, 4) is 0 Å². The summed E-state index contributed by atoms with van der Waals surface area (Å²) in [4.78, 5) is 39.0. The number of hydrogen-bond acceptors (Lipinski definition) is 5. The number of nitrogens with zero attached hydrogens (tertiary/aromatic N) is 1. The zero-order valence-corrected chi connectivity index (χ0v) is 17.8. The van der Waals surface area contributed by atoms with Crippen LogP contribution in [0.4, 0.5) is 0 Å². The number of rotatable bonds is 9. The Balaban J connectivity index is 2.06. The molecule has 0 aromatic heterocycles. The third-order valence-electron chi connectivity index (χ3n) is 5.02. The molecule has 0 saturated carbocycles. The van der Waals surface area contributed by atoms with E-state index in [9.17, 15) is 14.4 Å². The van der Waals surface area contributed by atoms with Crippen molar-refractivity contribution >= 4 is 17.8 Å². The van der Waals surface area contributed by atoms with Crippen LogP contribution in [-0.2, 0) is 30.3 Å². The predicted octanol–water partition coefficient (Wildman–Crippen LogP) is 1.90. The molecule has 1 aromatic rings. The second-order valence-corrected chi connectivity index (χ2v) is 7.82. The number of piperazine rings is 1. The normalized spacial score (nSPS) is 17.8. The first-order chi connectivity index (χ1) is 13.8. The third-order valence-corrected chi connectivity index (χ3v) is 5.02. The minimum Gasteiger partial charge on any atom is -0.463 e. The Morgan fingerprint density at radius 3 is 2.48 bits per heavy atom. The fraction of sp³-hybridized carbons (Fsp3) is 0.591. The summed E-state index contributed by atoms with van der Waals surface area (Å²) in [5.74, 6) is -0.844. The highest BCUT2D eigenvalue weighted by molar-refractivity contribution is 5.93. The fourth-order valence-corrected chi connectivity index (χ4v) is 3.44. The molecule has 2 amide bonds. The van der Waals surface area contributed by atoms with Crippen molar-refractivity contribution in [3.63, 3.8) is 0 Å². The molecule has 1 aromatic carbocycles. The number of carbonyl (C=O) groups excluding carboxylic acids is 3. The maximum Gasteiger partial charge on any atom is 0.308 e. The average Bonchev–Trinajstić information content (AvgIpc) is 2.69. The van der Waals surface area contributed by atoms with E-state index in [1.54, 1.807) is 0 Å². The molecular weight excluding hydrogens is 372 g/mol. The Morgan fingerprint density at radius 1 is 1.17 bits per heavy atom. The van der Waals surface area contributed by atoms with Gasteiger partial charge in [0.2, 0.25) is 11.8 Å². The monoisotopic (exact) mass is 404 g/mol. The van der Waals surface area contributed by atoms with Gasteiger partial charge in [-0.1, -0.05) is 38.1 Å². The Hall–Kier alpha value is -2.41. The molecule has 1 heterocycles. The molecule has 1 N–H and O–H groups in total. The van der Waals surface area contributed by atoms with Crippen LogP contribution in [0, 0.1) is 5.92 Å². The second kappa shape index (κ2) is 11.0. The molecule has 0 spiro atoms. The largest absolute Gasteiger partial charge is 0.463 e. The molecule has 160 valence electrons. The van der Waals surface area contributed by atoms with E-state index in [4.69, 9.17) is 9.47 Å². The molecule has 1 aliphatic heterocycles. The SMILES string of the molecule is COCCOC(=O)CC1C(=O)NCCN1C(=O)C(C)c1ccc(CC(C)C)cc1. The maximum absolute atomic E-state index is 13.1. The number of nitrogens with one attached hydrogen (secondary N) is 1. The lowest BCUT2D eigenvalue weighted by molar-refractivity contribution is -0.153. The number of ether oxygens (including phenoxy) is 2. The second-order valence-electron chi connectivity index (χ2n) is 7.82. The molecule has 2 rings (SSSR count). The van der Waals surface area contributed by atoms with Crippen molar-refractivity contribution in [2.45, 2.75) is 45.6 Å². The summed E-state index contributed by atoms with van der Waals surface area (Å²) < 4.78 is 9.92. The summed E-state index contributed by atoms with van der Waals surface area (Å²) in [5.41, 5.74) is 2.13. The molecular formula is C22H32N2O5. The minimum absolute atomic E-state index is 0.122. The average molecular weight is 405 g/mol. The van der Waals surface area contributed by atoms with Crippen LogP contribution in [-0.4, -0.2) is 62.1 Å². The smallest absolute Gasteiger partial charge is 0.308 e. The molecule has 7 heteroatoms. The number of amides is 2. The van der Waals surface area contributed by atoms with E-state index in [0.29, 0.717) is 19.0 Å². The summed E-state index contributed by atoms with van der Waals surface area (Å²) in [7, 11) is 1.51. The van der Waals surface area contributed by atoms with Crippen molar-refractivity contribution in [1.29, 1.82) is 0 Å². The van der Waals surface area contributed by atoms with Crippen LogP contribution >= 0.6 is 0 Å². The number of carbonyl (C=O) groups is 3. The Labute approximate surface area is 172 Å². The fourth-order valence-electron chi connectivity index (χ4n) is 3.44. The van der Waals surface area contributed by atoms with Crippen molar-refractivity contribution < 1.29 is 23.9 Å². The molecule has 1 aliphatic rings. The van der Waals surface area contributed by atoms with Gasteiger partial charge in [0, 0.05) is 20.2 Å². The Morgan fingerprint density at radius 2 is 1.86 bits per heavy atom. The predicted molar refractivity (Wildman–Crippen MR) is 109 cm³/mol. The first kappa shape index (κ1) is 22.9. The van der Waals surface area contributed by atoms with Crippen molar-refractivity contribution in [3.05, 3.63) is 35.4 Å². The summed E-state index contributed by atoms with van der Waals surface area (Å²) in [6, 6.07) is 7.18. The van der Waals surface area contributed by atoms with Crippen LogP contribution in [0.2, 0.25) is 0 Å². The zero-order chi connectivity index (χ0) is 21.4. The molecule has 1 fully saturated rings. The van der Waals surface area contributed by atoms with Gasteiger partial charge >= 0.3 is 5.97 Å². The van der Waals surface area contributed by atoms with E-state index in [2.05, 4.69) is 19.2 Å². The quantitative estimate of drug-likeness (QED) is 0.502. The summed E-state index contributed by atoms with van der Waals surface area (Å²) in [5, 5.41) is 2.73. The van der Waals surface area contributed by atoms with E-state index in [0.717, 1.165) is 12.0 Å². The lowest BCUT2D eigenvalue weighted by Gasteiger charge is -2.36. The Bertz CT molecular complexity index is 702. The molecule has 2 atom stereocenters. The molecule has 0 bridgehead atoms. The van der Waals surface area contributed by atoms with E-state index in [1.165, 1.54) is 17.6 Å². The van der Waals surface area contributed by atoms with Crippen molar-refractivity contribution in [2.75, 3.05) is 33.4 Å². The van der Waals surface area contributed by atoms with E-state index < -0.39 is 17.9 Å². The van der Waals surface area contributed by atoms with Gasteiger partial charge in [-0.15, -0.1) is 0 Å². The number of esters is 1. The van der Waals surface area contributed by atoms with Gasteiger partial charge in [-0.3, -0.25) is 14.4 Å².